The van der Waals surface area contributed by atoms with Gasteiger partial charge in [0.15, 0.2) is 0 Å². The van der Waals surface area contributed by atoms with Crippen LogP contribution in [0, 0.1) is 19.8 Å². The number of rotatable bonds is 6. The lowest BCUT2D eigenvalue weighted by Gasteiger charge is -2.15. The highest BCUT2D eigenvalue weighted by Crippen LogP contribution is 2.19. The van der Waals surface area contributed by atoms with Crippen LogP contribution in [0.25, 0.3) is 0 Å². The zero-order valence-corrected chi connectivity index (χ0v) is 14.3. The van der Waals surface area contributed by atoms with Crippen LogP contribution < -0.4 is 5.32 Å². The van der Waals surface area contributed by atoms with Gasteiger partial charge in [-0.25, -0.2) is 4.98 Å². The minimum Gasteiger partial charge on any atom is -0.370 e. The molecule has 0 bridgehead atoms. The maximum Gasteiger partial charge on any atom is 0.126 e. The molecule has 1 fully saturated rings. The third-order valence-electron chi connectivity index (χ3n) is 4.41. The standard InChI is InChI=1S/C17H26N6/c1-4-23-20-14(3)16(21-23)12-22-9-8-15(11-22)10-18-17-7-5-6-13(2)19-17/h5-7,15H,4,8-12H2,1-3H3,(H,18,19). The Morgan fingerprint density at radius 1 is 1.26 bits per heavy atom. The van der Waals surface area contributed by atoms with Crippen molar-refractivity contribution in [3.63, 3.8) is 0 Å². The molecule has 6 nitrogen and oxygen atoms in total. The van der Waals surface area contributed by atoms with E-state index >= 15 is 0 Å². The van der Waals surface area contributed by atoms with Gasteiger partial charge in [-0.05, 0) is 51.8 Å². The Kier molecular flexibility index (Phi) is 4.91. The van der Waals surface area contributed by atoms with E-state index < -0.39 is 0 Å². The molecule has 1 N–H and O–H groups in total. The summed E-state index contributed by atoms with van der Waals surface area (Å²) in [5, 5.41) is 12.5. The van der Waals surface area contributed by atoms with Crippen LogP contribution in [0.3, 0.4) is 0 Å². The normalized spacial score (nSPS) is 18.5. The van der Waals surface area contributed by atoms with Gasteiger partial charge in [0.05, 0.1) is 17.9 Å². The molecule has 0 aromatic carbocycles. The van der Waals surface area contributed by atoms with Crippen LogP contribution in [0.15, 0.2) is 18.2 Å². The maximum atomic E-state index is 4.56. The predicted molar refractivity (Wildman–Crippen MR) is 91.3 cm³/mol. The van der Waals surface area contributed by atoms with E-state index in [4.69, 9.17) is 0 Å². The fourth-order valence-electron chi connectivity index (χ4n) is 3.08. The van der Waals surface area contributed by atoms with Crippen LogP contribution in [-0.4, -0.2) is 44.5 Å². The van der Waals surface area contributed by atoms with Gasteiger partial charge in [0.2, 0.25) is 0 Å². The molecule has 1 aliphatic heterocycles. The summed E-state index contributed by atoms with van der Waals surface area (Å²) in [4.78, 5) is 8.76. The van der Waals surface area contributed by atoms with Crippen molar-refractivity contribution in [3.8, 4) is 0 Å². The molecule has 1 saturated heterocycles. The van der Waals surface area contributed by atoms with E-state index in [2.05, 4.69) is 32.3 Å². The Labute approximate surface area is 137 Å². The second-order valence-corrected chi connectivity index (χ2v) is 6.36. The van der Waals surface area contributed by atoms with Crippen molar-refractivity contribution >= 4 is 5.82 Å². The summed E-state index contributed by atoms with van der Waals surface area (Å²) in [6, 6.07) is 6.10. The zero-order valence-electron chi connectivity index (χ0n) is 14.3. The average molecular weight is 314 g/mol. The molecule has 124 valence electrons. The van der Waals surface area contributed by atoms with E-state index in [-0.39, 0.29) is 0 Å². The van der Waals surface area contributed by atoms with E-state index in [9.17, 15) is 0 Å². The molecule has 23 heavy (non-hydrogen) atoms. The Balaban J connectivity index is 1.49. The molecular weight excluding hydrogens is 288 g/mol. The Hall–Kier alpha value is -1.95. The lowest BCUT2D eigenvalue weighted by molar-refractivity contribution is 0.313. The summed E-state index contributed by atoms with van der Waals surface area (Å²) in [6.07, 6.45) is 1.22. The summed E-state index contributed by atoms with van der Waals surface area (Å²) < 4.78 is 0. The molecule has 1 unspecified atom stereocenters. The second kappa shape index (κ2) is 7.08. The van der Waals surface area contributed by atoms with E-state index in [1.165, 1.54) is 6.42 Å². The van der Waals surface area contributed by atoms with Crippen molar-refractivity contribution in [1.82, 2.24) is 24.9 Å². The molecular formula is C17H26N6. The monoisotopic (exact) mass is 314 g/mol. The number of pyridine rings is 1. The van der Waals surface area contributed by atoms with Crippen molar-refractivity contribution in [2.75, 3.05) is 25.0 Å². The number of nitrogens with one attached hydrogen (secondary N) is 1. The average Bonchev–Trinajstić information content (AvgIpc) is 3.13. The summed E-state index contributed by atoms with van der Waals surface area (Å²) in [6.45, 7) is 11.1. The fraction of sp³-hybridized carbons (Fsp3) is 0.588. The third kappa shape index (κ3) is 4.07. The summed E-state index contributed by atoms with van der Waals surface area (Å²) in [5.41, 5.74) is 3.22. The van der Waals surface area contributed by atoms with Crippen LogP contribution in [0.4, 0.5) is 5.82 Å². The van der Waals surface area contributed by atoms with Gasteiger partial charge >= 0.3 is 0 Å². The highest BCUT2D eigenvalue weighted by molar-refractivity contribution is 5.35. The number of hydrogen-bond donors (Lipinski definition) is 1. The minimum atomic E-state index is 0.666. The summed E-state index contributed by atoms with van der Waals surface area (Å²) in [5.74, 6) is 1.64. The van der Waals surface area contributed by atoms with Gasteiger partial charge in [-0.3, -0.25) is 4.90 Å². The molecule has 2 aromatic heterocycles. The van der Waals surface area contributed by atoms with E-state index in [1.807, 2.05) is 32.0 Å². The lowest BCUT2D eigenvalue weighted by Crippen LogP contribution is -2.23. The lowest BCUT2D eigenvalue weighted by atomic mass is 10.1. The number of hydrogen-bond acceptors (Lipinski definition) is 5. The van der Waals surface area contributed by atoms with Gasteiger partial charge in [0, 0.05) is 25.3 Å². The number of nitrogens with zero attached hydrogens (tertiary/aromatic N) is 5. The number of likely N-dealkylation sites (tertiary alicyclic amines) is 1. The number of aryl methyl sites for hydroxylation is 3. The molecule has 0 radical (unpaired) electrons. The van der Waals surface area contributed by atoms with Crippen LogP contribution in [0.5, 0.6) is 0 Å². The molecule has 3 heterocycles. The van der Waals surface area contributed by atoms with E-state index in [0.29, 0.717) is 5.92 Å². The Bertz CT molecular complexity index is 650. The first-order chi connectivity index (χ1) is 11.1. The Morgan fingerprint density at radius 2 is 2.13 bits per heavy atom. The van der Waals surface area contributed by atoms with Gasteiger partial charge in [-0.15, -0.1) is 0 Å². The van der Waals surface area contributed by atoms with Crippen LogP contribution in [0.2, 0.25) is 0 Å². The largest absolute Gasteiger partial charge is 0.370 e. The molecule has 6 heteroatoms. The SMILES string of the molecule is CCn1nc(C)c(CN2CCC(CNc3cccc(C)n3)C2)n1. The third-order valence-corrected chi connectivity index (χ3v) is 4.41. The van der Waals surface area contributed by atoms with Gasteiger partial charge in [-0.1, -0.05) is 6.07 Å². The predicted octanol–water partition coefficient (Wildman–Crippen LogP) is 2.24. The van der Waals surface area contributed by atoms with Crippen molar-refractivity contribution in [2.45, 2.75) is 40.3 Å². The van der Waals surface area contributed by atoms with Gasteiger partial charge < -0.3 is 5.32 Å². The number of aromatic nitrogens is 4. The fourth-order valence-corrected chi connectivity index (χ4v) is 3.08. The van der Waals surface area contributed by atoms with Crippen LogP contribution >= 0.6 is 0 Å². The first-order valence-corrected chi connectivity index (χ1v) is 8.44. The first-order valence-electron chi connectivity index (χ1n) is 8.44. The maximum absolute atomic E-state index is 4.56. The topological polar surface area (TPSA) is 58.9 Å². The highest BCUT2D eigenvalue weighted by Gasteiger charge is 2.23. The molecule has 0 spiro atoms. The second-order valence-electron chi connectivity index (χ2n) is 6.36. The zero-order chi connectivity index (χ0) is 16.2. The van der Waals surface area contributed by atoms with Crippen LogP contribution in [0.1, 0.15) is 30.4 Å². The van der Waals surface area contributed by atoms with Crippen molar-refractivity contribution in [2.24, 2.45) is 5.92 Å². The smallest absolute Gasteiger partial charge is 0.126 e. The highest BCUT2D eigenvalue weighted by atomic mass is 15.5. The summed E-state index contributed by atoms with van der Waals surface area (Å²) in [7, 11) is 0. The van der Waals surface area contributed by atoms with Crippen molar-refractivity contribution in [1.29, 1.82) is 0 Å². The summed E-state index contributed by atoms with van der Waals surface area (Å²) >= 11 is 0. The molecule has 0 amide bonds. The molecule has 0 aliphatic carbocycles. The number of anilines is 1. The van der Waals surface area contributed by atoms with Crippen LogP contribution in [-0.2, 0) is 13.1 Å². The molecule has 1 atom stereocenters. The first kappa shape index (κ1) is 15.9. The van der Waals surface area contributed by atoms with Gasteiger partial charge in [0.25, 0.3) is 0 Å². The molecule has 3 rings (SSSR count). The van der Waals surface area contributed by atoms with E-state index in [1.54, 1.807) is 4.80 Å². The quantitative estimate of drug-likeness (QED) is 0.886. The molecule has 0 saturated carbocycles. The minimum absolute atomic E-state index is 0.666. The molecule has 2 aromatic rings. The Morgan fingerprint density at radius 3 is 2.87 bits per heavy atom. The van der Waals surface area contributed by atoms with Gasteiger partial charge in [-0.2, -0.15) is 15.0 Å². The van der Waals surface area contributed by atoms with Crippen molar-refractivity contribution in [3.05, 3.63) is 35.3 Å². The van der Waals surface area contributed by atoms with Crippen molar-refractivity contribution < 1.29 is 0 Å². The van der Waals surface area contributed by atoms with E-state index in [0.717, 1.165) is 55.6 Å². The van der Waals surface area contributed by atoms with Gasteiger partial charge in [0.1, 0.15) is 5.82 Å². The molecule has 1 aliphatic rings.